The Bertz CT molecular complexity index is 621. The second kappa shape index (κ2) is 5.71. The van der Waals surface area contributed by atoms with Crippen molar-refractivity contribution in [2.45, 2.75) is 24.8 Å². The van der Waals surface area contributed by atoms with Gasteiger partial charge in [0.25, 0.3) is 0 Å². The molecule has 1 aromatic heterocycles. The molecule has 0 saturated carbocycles. The van der Waals surface area contributed by atoms with Gasteiger partial charge in [0.2, 0.25) is 5.89 Å². The van der Waals surface area contributed by atoms with Crippen LogP contribution in [-0.4, -0.2) is 23.4 Å². The molecule has 1 saturated heterocycles. The third-order valence-corrected chi connectivity index (χ3v) is 4.03. The second-order valence-corrected chi connectivity index (χ2v) is 5.57. The molecule has 1 aromatic carbocycles. The van der Waals surface area contributed by atoms with E-state index in [4.69, 9.17) is 26.6 Å². The quantitative estimate of drug-likeness (QED) is 0.942. The van der Waals surface area contributed by atoms with Crippen LogP contribution in [0.15, 0.2) is 22.7 Å². The number of nitrogens with two attached hydrogens (primary N) is 1. The molecule has 21 heavy (non-hydrogen) atoms. The van der Waals surface area contributed by atoms with Crippen molar-refractivity contribution < 1.29 is 13.7 Å². The zero-order chi connectivity index (χ0) is 14.9. The first-order valence-electron chi connectivity index (χ1n) is 6.71. The normalized spacial score (nSPS) is 17.9. The molecule has 5 nitrogen and oxygen atoms in total. The summed E-state index contributed by atoms with van der Waals surface area (Å²) in [6, 6.07) is 4.54. The Kier molecular flexibility index (Phi) is 3.93. The summed E-state index contributed by atoms with van der Waals surface area (Å²) in [6.45, 7) is 1.13. The Hall–Kier alpha value is -1.50. The van der Waals surface area contributed by atoms with Crippen molar-refractivity contribution in [2.75, 3.05) is 13.2 Å². The summed E-state index contributed by atoms with van der Waals surface area (Å²) in [6.07, 6.45) is 1.41. The van der Waals surface area contributed by atoms with E-state index in [0.29, 0.717) is 48.4 Å². The van der Waals surface area contributed by atoms with Crippen LogP contribution in [0.3, 0.4) is 0 Å². The highest BCUT2D eigenvalue weighted by molar-refractivity contribution is 6.31. The molecule has 1 aliphatic heterocycles. The fourth-order valence-corrected chi connectivity index (χ4v) is 2.57. The van der Waals surface area contributed by atoms with Crippen LogP contribution >= 0.6 is 11.6 Å². The van der Waals surface area contributed by atoms with E-state index in [-0.39, 0.29) is 12.2 Å². The zero-order valence-electron chi connectivity index (χ0n) is 11.3. The van der Waals surface area contributed by atoms with Gasteiger partial charge >= 0.3 is 0 Å². The highest BCUT2D eigenvalue weighted by Crippen LogP contribution is 2.28. The molecule has 0 unspecified atom stereocenters. The van der Waals surface area contributed by atoms with E-state index >= 15 is 0 Å². The highest BCUT2D eigenvalue weighted by atomic mass is 35.5. The molecule has 2 N–H and O–H groups in total. The minimum atomic E-state index is -0.664. The fourth-order valence-electron chi connectivity index (χ4n) is 2.34. The lowest BCUT2D eigenvalue weighted by atomic mass is 9.91. The first kappa shape index (κ1) is 14.4. The van der Waals surface area contributed by atoms with Crippen LogP contribution in [0.25, 0.3) is 0 Å². The summed E-state index contributed by atoms with van der Waals surface area (Å²) in [7, 11) is 0. The van der Waals surface area contributed by atoms with Gasteiger partial charge in [-0.05, 0) is 25.0 Å². The number of benzene rings is 1. The van der Waals surface area contributed by atoms with Gasteiger partial charge in [0, 0.05) is 30.2 Å². The number of ether oxygens (including phenoxy) is 1. The van der Waals surface area contributed by atoms with E-state index in [9.17, 15) is 4.39 Å². The molecule has 0 radical (unpaired) electrons. The average Bonchev–Trinajstić information content (AvgIpc) is 2.93. The number of hydrogen-bond donors (Lipinski definition) is 1. The van der Waals surface area contributed by atoms with Gasteiger partial charge in [-0.15, -0.1) is 0 Å². The molecular weight excluding hydrogens is 297 g/mol. The number of nitrogens with zero attached hydrogens (tertiary/aromatic N) is 2. The lowest BCUT2D eigenvalue weighted by Gasteiger charge is -2.29. The van der Waals surface area contributed by atoms with Crippen LogP contribution in [0.1, 0.15) is 30.1 Å². The molecule has 1 fully saturated rings. The Labute approximate surface area is 126 Å². The number of rotatable bonds is 3. The summed E-state index contributed by atoms with van der Waals surface area (Å²) >= 11 is 5.99. The van der Waals surface area contributed by atoms with Gasteiger partial charge in [-0.3, -0.25) is 0 Å². The molecule has 2 aromatic rings. The molecule has 0 amide bonds. The number of halogens is 2. The van der Waals surface area contributed by atoms with Crippen molar-refractivity contribution in [3.63, 3.8) is 0 Å². The van der Waals surface area contributed by atoms with Gasteiger partial charge in [-0.1, -0.05) is 22.8 Å². The summed E-state index contributed by atoms with van der Waals surface area (Å²) in [5.41, 5.74) is 5.96. The standard InChI is InChI=1S/C14H15ClFN3O2/c15-10-2-1-3-11(16)9(10)8-12-18-13(21-19-12)14(17)4-6-20-7-5-14/h1-3H,4-8,17H2. The van der Waals surface area contributed by atoms with Crippen LogP contribution in [0.2, 0.25) is 5.02 Å². The van der Waals surface area contributed by atoms with Crippen molar-refractivity contribution >= 4 is 11.6 Å². The van der Waals surface area contributed by atoms with Crippen LogP contribution in [0.4, 0.5) is 4.39 Å². The summed E-state index contributed by atoms with van der Waals surface area (Å²) in [4.78, 5) is 4.30. The molecule has 2 heterocycles. The maximum Gasteiger partial charge on any atom is 0.246 e. The maximum atomic E-state index is 13.8. The Morgan fingerprint density at radius 3 is 2.81 bits per heavy atom. The molecular formula is C14H15ClFN3O2. The van der Waals surface area contributed by atoms with E-state index in [1.807, 2.05) is 0 Å². The largest absolute Gasteiger partial charge is 0.381 e. The Morgan fingerprint density at radius 2 is 2.10 bits per heavy atom. The lowest BCUT2D eigenvalue weighted by Crippen LogP contribution is -2.42. The highest BCUT2D eigenvalue weighted by Gasteiger charge is 2.35. The van der Waals surface area contributed by atoms with Gasteiger partial charge in [-0.2, -0.15) is 4.98 Å². The van der Waals surface area contributed by atoms with Crippen molar-refractivity contribution in [3.8, 4) is 0 Å². The van der Waals surface area contributed by atoms with E-state index in [0.717, 1.165) is 0 Å². The van der Waals surface area contributed by atoms with E-state index in [2.05, 4.69) is 10.1 Å². The van der Waals surface area contributed by atoms with Gasteiger partial charge in [0.1, 0.15) is 11.4 Å². The van der Waals surface area contributed by atoms with E-state index in [1.165, 1.54) is 6.07 Å². The molecule has 0 bridgehead atoms. The molecule has 112 valence electrons. The van der Waals surface area contributed by atoms with Crippen LogP contribution in [0.5, 0.6) is 0 Å². The third-order valence-electron chi connectivity index (χ3n) is 3.68. The number of aromatic nitrogens is 2. The summed E-state index contributed by atoms with van der Waals surface area (Å²) in [5, 5.41) is 4.22. The van der Waals surface area contributed by atoms with Crippen LogP contribution in [0, 0.1) is 5.82 Å². The third kappa shape index (κ3) is 2.92. The maximum absolute atomic E-state index is 13.8. The summed E-state index contributed by atoms with van der Waals surface area (Å²) < 4.78 is 24.3. The molecule has 3 rings (SSSR count). The van der Waals surface area contributed by atoms with Gasteiger partial charge < -0.3 is 15.0 Å². The molecule has 0 aliphatic carbocycles. The van der Waals surface area contributed by atoms with Crippen molar-refractivity contribution in [1.29, 1.82) is 0 Å². The van der Waals surface area contributed by atoms with Crippen molar-refractivity contribution in [1.82, 2.24) is 10.1 Å². The SMILES string of the molecule is NC1(c2nc(Cc3c(F)cccc3Cl)no2)CCOCC1. The second-order valence-electron chi connectivity index (χ2n) is 5.16. The molecule has 0 spiro atoms. The van der Waals surface area contributed by atoms with Crippen LogP contribution < -0.4 is 5.73 Å². The smallest absolute Gasteiger partial charge is 0.246 e. The van der Waals surface area contributed by atoms with Gasteiger partial charge in [-0.25, -0.2) is 4.39 Å². The predicted molar refractivity (Wildman–Crippen MR) is 74.4 cm³/mol. The van der Waals surface area contributed by atoms with Gasteiger partial charge in [0.15, 0.2) is 5.82 Å². The van der Waals surface area contributed by atoms with Gasteiger partial charge in [0.05, 0.1) is 0 Å². The minimum absolute atomic E-state index is 0.168. The first-order chi connectivity index (χ1) is 10.1. The Balaban J connectivity index is 1.82. The Morgan fingerprint density at radius 1 is 1.33 bits per heavy atom. The predicted octanol–water partition coefficient (Wildman–Crippen LogP) is 2.42. The average molecular weight is 312 g/mol. The topological polar surface area (TPSA) is 74.2 Å². The monoisotopic (exact) mass is 311 g/mol. The molecule has 7 heteroatoms. The molecule has 1 aliphatic rings. The fraction of sp³-hybridized carbons (Fsp3) is 0.429. The van der Waals surface area contributed by atoms with Crippen molar-refractivity contribution in [3.05, 3.63) is 46.3 Å². The lowest BCUT2D eigenvalue weighted by molar-refractivity contribution is 0.0400. The minimum Gasteiger partial charge on any atom is -0.381 e. The van der Waals surface area contributed by atoms with Crippen LogP contribution in [-0.2, 0) is 16.7 Å². The van der Waals surface area contributed by atoms with E-state index in [1.54, 1.807) is 12.1 Å². The van der Waals surface area contributed by atoms with Crippen molar-refractivity contribution in [2.24, 2.45) is 5.73 Å². The number of hydrogen-bond acceptors (Lipinski definition) is 5. The zero-order valence-corrected chi connectivity index (χ0v) is 12.1. The molecule has 0 atom stereocenters. The summed E-state index contributed by atoms with van der Waals surface area (Å²) in [5.74, 6) is 0.351. The first-order valence-corrected chi connectivity index (χ1v) is 7.09. The van der Waals surface area contributed by atoms with E-state index < -0.39 is 5.54 Å².